The molecule has 2 aromatic rings. The molecule has 7 heteroatoms. The molecule has 2 heterocycles. The smallest absolute Gasteiger partial charge is 0.242 e. The van der Waals surface area contributed by atoms with Crippen molar-refractivity contribution < 1.29 is 17.3 Å². The summed E-state index contributed by atoms with van der Waals surface area (Å²) in [5, 5.41) is 3.74. The van der Waals surface area contributed by atoms with Crippen LogP contribution < -0.4 is 4.31 Å². The molecule has 0 unspecified atom stereocenters. The Kier molecular flexibility index (Phi) is 3.46. The van der Waals surface area contributed by atoms with Crippen LogP contribution in [0.25, 0.3) is 0 Å². The summed E-state index contributed by atoms with van der Waals surface area (Å²) in [6.07, 6.45) is 3.66. The van der Waals surface area contributed by atoms with Crippen molar-refractivity contribution in [3.05, 3.63) is 47.1 Å². The van der Waals surface area contributed by atoms with E-state index in [1.807, 2.05) is 0 Å². The van der Waals surface area contributed by atoms with Gasteiger partial charge in [-0.25, -0.2) is 12.8 Å². The Labute approximate surface area is 140 Å². The number of aromatic nitrogens is 1. The van der Waals surface area contributed by atoms with Crippen LogP contribution in [0.15, 0.2) is 28.8 Å². The van der Waals surface area contributed by atoms with Crippen molar-refractivity contribution in [3.8, 4) is 0 Å². The van der Waals surface area contributed by atoms with E-state index in [4.69, 9.17) is 4.52 Å². The first-order valence-corrected chi connectivity index (χ1v) is 9.74. The van der Waals surface area contributed by atoms with Gasteiger partial charge in [0.2, 0.25) is 10.0 Å². The molecule has 1 aromatic heterocycles. The molecule has 0 saturated heterocycles. The van der Waals surface area contributed by atoms with Gasteiger partial charge in [0.05, 0.1) is 11.4 Å². The van der Waals surface area contributed by atoms with Crippen LogP contribution in [0.2, 0.25) is 0 Å². The van der Waals surface area contributed by atoms with Gasteiger partial charge in [0.25, 0.3) is 0 Å². The van der Waals surface area contributed by atoms with E-state index in [2.05, 4.69) is 5.16 Å². The molecule has 1 fully saturated rings. The van der Waals surface area contributed by atoms with Crippen molar-refractivity contribution in [2.45, 2.75) is 43.8 Å². The fraction of sp³-hybridized carbons (Fsp3) is 0.471. The Bertz CT molecular complexity index is 885. The molecule has 0 radical (unpaired) electrons. The van der Waals surface area contributed by atoms with Gasteiger partial charge in [0.15, 0.2) is 5.76 Å². The number of aryl methyl sites for hydroxylation is 1. The van der Waals surface area contributed by atoms with Gasteiger partial charge in [0, 0.05) is 23.6 Å². The van der Waals surface area contributed by atoms with Gasteiger partial charge in [-0.15, -0.1) is 0 Å². The van der Waals surface area contributed by atoms with Gasteiger partial charge in [-0.1, -0.05) is 24.1 Å². The molecule has 0 bridgehead atoms. The monoisotopic (exact) mass is 350 g/mol. The molecule has 0 amide bonds. The number of hydrogen-bond acceptors (Lipinski definition) is 4. The van der Waals surface area contributed by atoms with Crippen LogP contribution in [0.4, 0.5) is 10.1 Å². The third kappa shape index (κ3) is 2.33. The number of halogens is 1. The molecule has 128 valence electrons. The maximum Gasteiger partial charge on any atom is 0.242 e. The Hall–Kier alpha value is -1.89. The topological polar surface area (TPSA) is 63.4 Å². The van der Waals surface area contributed by atoms with Crippen LogP contribution in [0.1, 0.15) is 42.7 Å². The van der Waals surface area contributed by atoms with Gasteiger partial charge in [-0.2, -0.15) is 0 Å². The molecule has 1 aliphatic heterocycles. The van der Waals surface area contributed by atoms with Crippen molar-refractivity contribution in [3.63, 3.8) is 0 Å². The minimum atomic E-state index is -3.66. The van der Waals surface area contributed by atoms with Gasteiger partial charge >= 0.3 is 0 Å². The maximum absolute atomic E-state index is 14.5. The third-order valence-electron chi connectivity index (χ3n) is 5.13. The van der Waals surface area contributed by atoms with E-state index in [1.54, 1.807) is 25.1 Å². The fourth-order valence-corrected chi connectivity index (χ4v) is 5.68. The molecule has 1 aliphatic carbocycles. The number of nitrogens with zero attached hydrogens (tertiary/aromatic N) is 2. The van der Waals surface area contributed by atoms with Gasteiger partial charge < -0.3 is 4.52 Å². The predicted octanol–water partition coefficient (Wildman–Crippen LogP) is 3.28. The summed E-state index contributed by atoms with van der Waals surface area (Å²) in [5.74, 6) is -0.264. The van der Waals surface area contributed by atoms with Crippen LogP contribution in [-0.2, 0) is 21.2 Å². The highest BCUT2D eigenvalue weighted by Gasteiger charge is 2.49. The zero-order chi connectivity index (χ0) is 16.9. The van der Waals surface area contributed by atoms with Crippen LogP contribution in [0.5, 0.6) is 0 Å². The number of benzene rings is 1. The minimum absolute atomic E-state index is 0.264. The van der Waals surface area contributed by atoms with E-state index >= 15 is 0 Å². The van der Waals surface area contributed by atoms with E-state index < -0.39 is 10.0 Å². The van der Waals surface area contributed by atoms with E-state index in [-0.39, 0.29) is 17.0 Å². The van der Waals surface area contributed by atoms with Crippen LogP contribution in [0.3, 0.4) is 0 Å². The van der Waals surface area contributed by atoms with Gasteiger partial charge in [0.1, 0.15) is 11.6 Å². The zero-order valence-electron chi connectivity index (χ0n) is 13.5. The third-order valence-corrected chi connectivity index (χ3v) is 6.78. The highest BCUT2D eigenvalue weighted by atomic mass is 32.2. The summed E-state index contributed by atoms with van der Waals surface area (Å²) in [5.41, 5.74) is 1.30. The average molecular weight is 350 g/mol. The maximum atomic E-state index is 14.5. The second-order valence-corrected chi connectivity index (χ2v) is 8.71. The SMILES string of the molecule is Cc1cc(CS(=O)(=O)N2CC3(CCCC3)c3c(F)cccc32)on1. The lowest BCUT2D eigenvalue weighted by Crippen LogP contribution is -2.36. The predicted molar refractivity (Wildman–Crippen MR) is 87.8 cm³/mol. The van der Waals surface area contributed by atoms with Crippen molar-refractivity contribution in [2.24, 2.45) is 0 Å². The first-order chi connectivity index (χ1) is 11.4. The summed E-state index contributed by atoms with van der Waals surface area (Å²) in [4.78, 5) is 0. The summed E-state index contributed by atoms with van der Waals surface area (Å²) in [7, 11) is -3.66. The zero-order valence-corrected chi connectivity index (χ0v) is 14.3. The molecule has 5 nitrogen and oxygen atoms in total. The molecule has 1 spiro atoms. The summed E-state index contributed by atoms with van der Waals surface area (Å²) in [6.45, 7) is 2.06. The standard InChI is InChI=1S/C17H19FN2O3S/c1-12-9-13(23-19-12)10-24(21,22)20-11-17(7-2-3-8-17)16-14(18)5-4-6-15(16)20/h4-6,9H,2-3,7-8,10-11H2,1H3. The van der Waals surface area contributed by atoms with Crippen molar-refractivity contribution in [2.75, 3.05) is 10.8 Å². The molecule has 4 rings (SSSR count). The van der Waals surface area contributed by atoms with Crippen LogP contribution in [0, 0.1) is 12.7 Å². The number of anilines is 1. The lowest BCUT2D eigenvalue weighted by atomic mass is 9.80. The summed E-state index contributed by atoms with van der Waals surface area (Å²) < 4.78 is 46.8. The fourth-order valence-electron chi connectivity index (χ4n) is 4.13. The van der Waals surface area contributed by atoms with E-state index in [9.17, 15) is 12.8 Å². The van der Waals surface area contributed by atoms with Crippen LogP contribution >= 0.6 is 0 Å². The molecular weight excluding hydrogens is 331 g/mol. The van der Waals surface area contributed by atoms with Crippen molar-refractivity contribution >= 4 is 15.7 Å². The van der Waals surface area contributed by atoms with Gasteiger partial charge in [-0.05, 0) is 31.9 Å². The second kappa shape index (κ2) is 5.31. The highest BCUT2D eigenvalue weighted by Crippen LogP contribution is 2.52. The first-order valence-electron chi connectivity index (χ1n) is 8.13. The van der Waals surface area contributed by atoms with Crippen molar-refractivity contribution in [1.82, 2.24) is 5.16 Å². The number of hydrogen-bond donors (Lipinski definition) is 0. The molecule has 0 N–H and O–H groups in total. The molecule has 24 heavy (non-hydrogen) atoms. The number of fused-ring (bicyclic) bond motifs is 2. The summed E-state index contributed by atoms with van der Waals surface area (Å²) >= 11 is 0. The van der Waals surface area contributed by atoms with Crippen molar-refractivity contribution in [1.29, 1.82) is 0 Å². The van der Waals surface area contributed by atoms with E-state index in [1.165, 1.54) is 10.4 Å². The first kappa shape index (κ1) is 15.6. The normalized spacial score (nSPS) is 19.2. The quantitative estimate of drug-likeness (QED) is 0.852. The highest BCUT2D eigenvalue weighted by molar-refractivity contribution is 7.92. The minimum Gasteiger partial charge on any atom is -0.360 e. The number of rotatable bonds is 3. The lowest BCUT2D eigenvalue weighted by molar-refractivity contribution is 0.388. The van der Waals surface area contributed by atoms with Gasteiger partial charge in [-0.3, -0.25) is 4.31 Å². The molecule has 1 aromatic carbocycles. The molecule has 1 saturated carbocycles. The molecular formula is C17H19FN2O3S. The Balaban J connectivity index is 1.76. The second-order valence-electron chi connectivity index (χ2n) is 6.82. The Morgan fingerprint density at radius 1 is 1.33 bits per heavy atom. The summed E-state index contributed by atoms with van der Waals surface area (Å²) in [6, 6.07) is 6.32. The Morgan fingerprint density at radius 2 is 2.08 bits per heavy atom. The Morgan fingerprint density at radius 3 is 2.75 bits per heavy atom. The van der Waals surface area contributed by atoms with E-state index in [0.717, 1.165) is 25.7 Å². The largest absolute Gasteiger partial charge is 0.360 e. The van der Waals surface area contributed by atoms with Crippen LogP contribution in [-0.4, -0.2) is 20.1 Å². The van der Waals surface area contributed by atoms with E-state index in [0.29, 0.717) is 29.2 Å². The molecule has 0 atom stereocenters. The average Bonchev–Trinajstić information content (AvgIpc) is 3.21. The lowest BCUT2D eigenvalue weighted by Gasteiger charge is -2.25. The molecule has 2 aliphatic rings. The number of sulfonamides is 1.